The van der Waals surface area contributed by atoms with Crippen LogP contribution in [0, 0.1) is 5.92 Å². The number of nitrogens with two attached hydrogens (primary N) is 1. The molecule has 130 valence electrons. The van der Waals surface area contributed by atoms with E-state index in [2.05, 4.69) is 10.4 Å². The van der Waals surface area contributed by atoms with Gasteiger partial charge in [-0.1, -0.05) is 26.0 Å². The number of carbonyl (C=O) groups is 1. The molecule has 7 nitrogen and oxygen atoms in total. The van der Waals surface area contributed by atoms with E-state index in [-0.39, 0.29) is 35.9 Å². The van der Waals surface area contributed by atoms with Crippen LogP contribution in [0.2, 0.25) is 0 Å². The van der Waals surface area contributed by atoms with Crippen molar-refractivity contribution in [1.29, 1.82) is 0 Å². The van der Waals surface area contributed by atoms with Gasteiger partial charge in [-0.2, -0.15) is 0 Å². The van der Waals surface area contributed by atoms with Crippen LogP contribution in [-0.2, 0) is 11.3 Å². The Morgan fingerprint density at radius 2 is 1.92 bits per heavy atom. The van der Waals surface area contributed by atoms with E-state index in [9.17, 15) is 14.4 Å². The lowest BCUT2D eigenvalue weighted by molar-refractivity contribution is -0.123. The molecule has 0 aliphatic rings. The van der Waals surface area contributed by atoms with Gasteiger partial charge in [0.1, 0.15) is 0 Å². The number of hydrogen-bond donors (Lipinski definition) is 3. The van der Waals surface area contributed by atoms with Gasteiger partial charge in [0.05, 0.1) is 22.9 Å². The summed E-state index contributed by atoms with van der Waals surface area (Å²) in [5, 5.41) is 6.12. The zero-order chi connectivity index (χ0) is 17.9. The highest BCUT2D eigenvalue weighted by Gasteiger charge is 2.28. The first-order valence-electron chi connectivity index (χ1n) is 8.01. The Labute approximate surface area is 139 Å². The molecule has 2 aromatic rings. The molecule has 0 spiro atoms. The van der Waals surface area contributed by atoms with Crippen molar-refractivity contribution >= 4 is 16.7 Å². The van der Waals surface area contributed by atoms with Crippen LogP contribution < -0.4 is 22.2 Å². The van der Waals surface area contributed by atoms with Crippen molar-refractivity contribution in [3.63, 3.8) is 0 Å². The monoisotopic (exact) mass is 332 g/mol. The summed E-state index contributed by atoms with van der Waals surface area (Å²) in [6.45, 7) is 6.28. The van der Waals surface area contributed by atoms with Crippen molar-refractivity contribution in [1.82, 2.24) is 15.1 Å². The molecule has 0 radical (unpaired) electrons. The van der Waals surface area contributed by atoms with Crippen LogP contribution in [0.25, 0.3) is 10.8 Å². The molecule has 1 aromatic heterocycles. The fourth-order valence-corrected chi connectivity index (χ4v) is 2.43. The van der Waals surface area contributed by atoms with E-state index in [0.717, 1.165) is 0 Å². The highest BCUT2D eigenvalue weighted by atomic mass is 16.2. The summed E-state index contributed by atoms with van der Waals surface area (Å²) < 4.78 is 1.18. The minimum absolute atomic E-state index is 0.0799. The molecule has 0 aliphatic carbocycles. The van der Waals surface area contributed by atoms with Gasteiger partial charge < -0.3 is 11.1 Å². The lowest BCUT2D eigenvalue weighted by Crippen LogP contribution is -2.55. The second kappa shape index (κ2) is 7.00. The molecule has 2 rings (SSSR count). The van der Waals surface area contributed by atoms with E-state index in [0.29, 0.717) is 17.3 Å². The summed E-state index contributed by atoms with van der Waals surface area (Å²) in [7, 11) is 0. The van der Waals surface area contributed by atoms with Crippen LogP contribution in [0.3, 0.4) is 0 Å². The van der Waals surface area contributed by atoms with Crippen molar-refractivity contribution in [2.24, 2.45) is 11.7 Å². The number of nitrogens with zero attached hydrogens (tertiary/aromatic N) is 1. The number of aromatic nitrogens is 2. The number of aryl methyl sites for hydroxylation is 1. The van der Waals surface area contributed by atoms with Gasteiger partial charge in [0.2, 0.25) is 5.91 Å². The van der Waals surface area contributed by atoms with Crippen molar-refractivity contribution in [2.45, 2.75) is 39.3 Å². The van der Waals surface area contributed by atoms with Crippen LogP contribution in [0.1, 0.15) is 27.2 Å². The fraction of sp³-hybridized carbons (Fsp3) is 0.471. The van der Waals surface area contributed by atoms with Crippen molar-refractivity contribution in [3.05, 3.63) is 45.0 Å². The predicted molar refractivity (Wildman–Crippen MR) is 93.9 cm³/mol. The lowest BCUT2D eigenvalue weighted by atomic mass is 9.88. The number of H-pyrrole nitrogens is 1. The van der Waals surface area contributed by atoms with Crippen molar-refractivity contribution in [3.8, 4) is 0 Å². The van der Waals surface area contributed by atoms with E-state index in [1.54, 1.807) is 24.3 Å². The van der Waals surface area contributed by atoms with E-state index in [1.807, 2.05) is 20.8 Å². The van der Waals surface area contributed by atoms with Gasteiger partial charge in [-0.3, -0.25) is 19.5 Å². The third-order valence-corrected chi connectivity index (χ3v) is 4.57. The molecule has 0 bridgehead atoms. The molecule has 1 heterocycles. The smallest absolute Gasteiger partial charge is 0.273 e. The maximum absolute atomic E-state index is 12.4. The number of fused-ring (bicyclic) bond motifs is 1. The largest absolute Gasteiger partial charge is 0.349 e. The molecule has 0 saturated heterocycles. The summed E-state index contributed by atoms with van der Waals surface area (Å²) in [5.41, 5.74) is 4.59. The third-order valence-electron chi connectivity index (χ3n) is 4.57. The van der Waals surface area contributed by atoms with E-state index >= 15 is 0 Å². The third kappa shape index (κ3) is 3.56. The van der Waals surface area contributed by atoms with Crippen LogP contribution >= 0.6 is 0 Å². The molecular formula is C17H24N4O3. The number of carbonyl (C=O) groups excluding carboxylic acids is 1. The standard InChI is InChI=1S/C17H24N4O3/c1-11(2)17(3,10-18)19-14(22)8-9-21-16(24)13-7-5-4-6-12(13)15(23)20-21/h4-7,11H,8-10,18H2,1-3H3,(H,19,22)(H,20,23). The van der Waals surface area contributed by atoms with Gasteiger partial charge in [-0.05, 0) is 25.0 Å². The van der Waals surface area contributed by atoms with Gasteiger partial charge in [0, 0.05) is 13.0 Å². The zero-order valence-corrected chi connectivity index (χ0v) is 14.3. The van der Waals surface area contributed by atoms with Crippen molar-refractivity contribution < 1.29 is 4.79 Å². The van der Waals surface area contributed by atoms with Gasteiger partial charge in [-0.25, -0.2) is 4.68 Å². The maximum atomic E-state index is 12.4. The Kier molecular flexibility index (Phi) is 5.23. The highest BCUT2D eigenvalue weighted by Crippen LogP contribution is 2.14. The molecular weight excluding hydrogens is 308 g/mol. The topological polar surface area (TPSA) is 110 Å². The van der Waals surface area contributed by atoms with Gasteiger partial charge >= 0.3 is 0 Å². The molecule has 4 N–H and O–H groups in total. The van der Waals surface area contributed by atoms with Crippen LogP contribution in [0.4, 0.5) is 0 Å². The molecule has 1 amide bonds. The van der Waals surface area contributed by atoms with Crippen LogP contribution in [0.5, 0.6) is 0 Å². The number of amides is 1. The quantitative estimate of drug-likeness (QED) is 0.718. The molecule has 7 heteroatoms. The van der Waals surface area contributed by atoms with Crippen LogP contribution in [0.15, 0.2) is 33.9 Å². The average molecular weight is 332 g/mol. The SMILES string of the molecule is CC(C)C(C)(CN)NC(=O)CCn1[nH]c(=O)c2ccccc2c1=O. The summed E-state index contributed by atoms with van der Waals surface area (Å²) in [6.07, 6.45) is 0.0799. The number of nitrogens with one attached hydrogen (secondary N) is 2. The van der Waals surface area contributed by atoms with Gasteiger partial charge in [0.25, 0.3) is 11.1 Å². The Morgan fingerprint density at radius 3 is 2.50 bits per heavy atom. The minimum Gasteiger partial charge on any atom is -0.349 e. The first kappa shape index (κ1) is 17.9. The van der Waals surface area contributed by atoms with E-state index in [1.165, 1.54) is 4.68 Å². The van der Waals surface area contributed by atoms with Gasteiger partial charge in [-0.15, -0.1) is 0 Å². The van der Waals surface area contributed by atoms with E-state index in [4.69, 9.17) is 5.73 Å². The normalized spacial score (nSPS) is 13.9. The molecule has 0 aliphatic heterocycles. The summed E-state index contributed by atoms with van der Waals surface area (Å²) in [5.74, 6) is -0.0350. The molecule has 0 fully saturated rings. The number of hydrogen-bond acceptors (Lipinski definition) is 4. The number of rotatable bonds is 6. The fourth-order valence-electron chi connectivity index (χ4n) is 2.43. The lowest BCUT2D eigenvalue weighted by Gasteiger charge is -2.33. The molecule has 1 unspecified atom stereocenters. The first-order valence-corrected chi connectivity index (χ1v) is 8.01. The van der Waals surface area contributed by atoms with Gasteiger partial charge in [0.15, 0.2) is 0 Å². The predicted octanol–water partition coefficient (Wildman–Crippen LogP) is 0.570. The summed E-state index contributed by atoms with van der Waals surface area (Å²) in [4.78, 5) is 36.6. The molecule has 0 saturated carbocycles. The molecule has 24 heavy (non-hydrogen) atoms. The van der Waals surface area contributed by atoms with Crippen molar-refractivity contribution in [2.75, 3.05) is 6.54 Å². The average Bonchev–Trinajstić information content (AvgIpc) is 2.56. The first-order chi connectivity index (χ1) is 11.3. The highest BCUT2D eigenvalue weighted by molar-refractivity contribution is 5.80. The zero-order valence-electron chi connectivity index (χ0n) is 14.3. The number of benzene rings is 1. The number of aromatic amines is 1. The molecule has 1 atom stereocenters. The maximum Gasteiger partial charge on any atom is 0.273 e. The second-order valence-electron chi connectivity index (χ2n) is 6.52. The Balaban J connectivity index is 2.17. The Morgan fingerprint density at radius 1 is 1.29 bits per heavy atom. The van der Waals surface area contributed by atoms with E-state index < -0.39 is 5.54 Å². The summed E-state index contributed by atoms with van der Waals surface area (Å²) >= 11 is 0. The minimum atomic E-state index is -0.501. The summed E-state index contributed by atoms with van der Waals surface area (Å²) in [6, 6.07) is 6.61. The Hall–Kier alpha value is -2.41. The van der Waals surface area contributed by atoms with Crippen LogP contribution in [-0.4, -0.2) is 27.8 Å². The Bertz CT molecular complexity index is 853. The molecule has 1 aromatic carbocycles. The second-order valence-corrected chi connectivity index (χ2v) is 6.52.